The van der Waals surface area contributed by atoms with E-state index in [1.54, 1.807) is 0 Å². The number of hydrogen-bond acceptors (Lipinski definition) is 5. The Bertz CT molecular complexity index is 646. The normalized spacial score (nSPS) is 17.6. The van der Waals surface area contributed by atoms with Gasteiger partial charge in [0.2, 0.25) is 6.79 Å². The van der Waals surface area contributed by atoms with E-state index in [9.17, 15) is 9.59 Å². The van der Waals surface area contributed by atoms with E-state index < -0.39 is 11.8 Å². The van der Waals surface area contributed by atoms with Gasteiger partial charge in [-0.25, -0.2) is 0 Å². The minimum absolute atomic E-state index is 0.0105. The van der Waals surface area contributed by atoms with Gasteiger partial charge in [0.15, 0.2) is 11.5 Å². The smallest absolute Gasteiger partial charge is 0.309 e. The molecule has 0 spiro atoms. The minimum Gasteiger partial charge on any atom is -0.454 e. The fourth-order valence-electron chi connectivity index (χ4n) is 3.20. The van der Waals surface area contributed by atoms with Gasteiger partial charge in [-0.15, -0.1) is 0 Å². The van der Waals surface area contributed by atoms with Crippen molar-refractivity contribution in [2.45, 2.75) is 19.4 Å². The van der Waals surface area contributed by atoms with Gasteiger partial charge in [-0.3, -0.25) is 9.59 Å². The number of benzene rings is 1. The van der Waals surface area contributed by atoms with Gasteiger partial charge in [0.25, 0.3) is 0 Å². The molecule has 1 fully saturated rings. The molecule has 2 amide bonds. The summed E-state index contributed by atoms with van der Waals surface area (Å²) in [4.78, 5) is 25.2. The molecule has 0 aromatic heterocycles. The van der Waals surface area contributed by atoms with Gasteiger partial charge in [-0.2, -0.15) is 0 Å². The lowest BCUT2D eigenvalue weighted by Crippen LogP contribution is -3.15. The van der Waals surface area contributed by atoms with Crippen molar-refractivity contribution in [2.75, 3.05) is 46.2 Å². The monoisotopic (exact) mass is 364 g/mol. The predicted molar refractivity (Wildman–Crippen MR) is 93.1 cm³/mol. The molecule has 3 rings (SSSR count). The Morgan fingerprint density at radius 2 is 1.85 bits per heavy atom. The van der Waals surface area contributed by atoms with Crippen LogP contribution in [0, 0.1) is 0 Å². The Balaban J connectivity index is 1.69. The summed E-state index contributed by atoms with van der Waals surface area (Å²) in [7, 11) is 0. The highest BCUT2D eigenvalue weighted by Gasteiger charge is 2.29. The van der Waals surface area contributed by atoms with Crippen LogP contribution in [-0.4, -0.2) is 58.0 Å². The molecule has 3 N–H and O–H groups in total. The molecule has 8 heteroatoms. The van der Waals surface area contributed by atoms with Crippen LogP contribution in [-0.2, 0) is 14.3 Å². The third-order valence-electron chi connectivity index (χ3n) is 4.64. The van der Waals surface area contributed by atoms with E-state index in [-0.39, 0.29) is 12.8 Å². The molecule has 1 saturated heterocycles. The summed E-state index contributed by atoms with van der Waals surface area (Å²) in [6.45, 7) is 6.08. The van der Waals surface area contributed by atoms with Gasteiger partial charge < -0.3 is 29.7 Å². The summed E-state index contributed by atoms with van der Waals surface area (Å²) in [6, 6.07) is 5.85. The van der Waals surface area contributed by atoms with Crippen molar-refractivity contribution >= 4 is 11.8 Å². The number of fused-ring (bicyclic) bond motifs is 1. The summed E-state index contributed by atoms with van der Waals surface area (Å²) < 4.78 is 16.3. The molecule has 0 aliphatic carbocycles. The zero-order valence-corrected chi connectivity index (χ0v) is 15.0. The van der Waals surface area contributed by atoms with Gasteiger partial charge in [-0.1, -0.05) is 6.92 Å². The molecule has 1 atom stereocenters. The summed E-state index contributed by atoms with van der Waals surface area (Å²) in [5, 5.41) is 5.37. The fraction of sp³-hybridized carbons (Fsp3) is 0.556. The van der Waals surface area contributed by atoms with E-state index in [4.69, 9.17) is 14.2 Å². The average molecular weight is 364 g/mol. The van der Waals surface area contributed by atoms with Crippen molar-refractivity contribution in [1.29, 1.82) is 0 Å². The molecule has 0 unspecified atom stereocenters. The summed E-state index contributed by atoms with van der Waals surface area (Å²) >= 11 is 0. The van der Waals surface area contributed by atoms with Gasteiger partial charge in [0.05, 0.1) is 19.8 Å². The third-order valence-corrected chi connectivity index (χ3v) is 4.64. The molecule has 2 aliphatic heterocycles. The Kier molecular flexibility index (Phi) is 6.30. The number of nitrogens with one attached hydrogen (secondary N) is 3. The van der Waals surface area contributed by atoms with E-state index >= 15 is 0 Å². The molecule has 2 heterocycles. The topological polar surface area (TPSA) is 90.3 Å². The van der Waals surface area contributed by atoms with Gasteiger partial charge >= 0.3 is 11.8 Å². The number of hydrogen-bond donors (Lipinski definition) is 3. The molecule has 0 saturated carbocycles. The van der Waals surface area contributed by atoms with Gasteiger partial charge in [0, 0.05) is 12.1 Å². The second kappa shape index (κ2) is 8.86. The van der Waals surface area contributed by atoms with E-state index in [1.165, 1.54) is 4.90 Å². The van der Waals surface area contributed by atoms with Gasteiger partial charge in [0.1, 0.15) is 19.1 Å². The van der Waals surface area contributed by atoms with Crippen molar-refractivity contribution in [3.05, 3.63) is 23.8 Å². The summed E-state index contributed by atoms with van der Waals surface area (Å²) in [5.74, 6) is 0.254. The molecule has 8 nitrogen and oxygen atoms in total. The van der Waals surface area contributed by atoms with Crippen LogP contribution in [0.1, 0.15) is 24.9 Å². The third kappa shape index (κ3) is 4.44. The van der Waals surface area contributed by atoms with Gasteiger partial charge in [-0.05, 0) is 24.6 Å². The Morgan fingerprint density at radius 3 is 2.62 bits per heavy atom. The lowest BCUT2D eigenvalue weighted by atomic mass is 10.0. The molecule has 0 radical (unpaired) electrons. The molecule has 142 valence electrons. The highest BCUT2D eigenvalue weighted by atomic mass is 16.7. The van der Waals surface area contributed by atoms with E-state index in [0.717, 1.165) is 30.8 Å². The van der Waals surface area contributed by atoms with Crippen molar-refractivity contribution in [3.8, 4) is 11.5 Å². The molecule has 1 aromatic rings. The Morgan fingerprint density at radius 1 is 1.12 bits per heavy atom. The maximum absolute atomic E-state index is 12.1. The first-order chi connectivity index (χ1) is 12.7. The second-order valence-corrected chi connectivity index (χ2v) is 6.40. The number of morpholine rings is 1. The maximum atomic E-state index is 12.1. The SMILES string of the molecule is CCCNC(=O)C(=O)NC[C@@H](c1ccc2c(c1)OCO2)[NH+]1CCOCC1. The average Bonchev–Trinajstić information content (AvgIpc) is 3.15. The standard InChI is InChI=1S/C18H25N3O5/c1-2-5-19-17(22)18(23)20-11-14(21-6-8-24-9-7-21)13-3-4-15-16(10-13)26-12-25-15/h3-4,10,14H,2,5-9,11-12H2,1H3,(H,19,22)(H,20,23)/p+1/t14-/m0/s1. The maximum Gasteiger partial charge on any atom is 0.309 e. The van der Waals surface area contributed by atoms with E-state index in [0.29, 0.717) is 32.1 Å². The van der Waals surface area contributed by atoms with Crippen LogP contribution in [0.25, 0.3) is 0 Å². The lowest BCUT2D eigenvalue weighted by Gasteiger charge is -2.32. The molecule has 0 bridgehead atoms. The zero-order chi connectivity index (χ0) is 18.4. The summed E-state index contributed by atoms with van der Waals surface area (Å²) in [5.41, 5.74) is 1.04. The van der Waals surface area contributed by atoms with Crippen LogP contribution in [0.4, 0.5) is 0 Å². The molecule has 26 heavy (non-hydrogen) atoms. The largest absolute Gasteiger partial charge is 0.454 e. The highest BCUT2D eigenvalue weighted by molar-refractivity contribution is 6.35. The first-order valence-corrected chi connectivity index (χ1v) is 9.07. The first-order valence-electron chi connectivity index (χ1n) is 9.07. The Labute approximate surface area is 152 Å². The fourth-order valence-corrected chi connectivity index (χ4v) is 3.20. The second-order valence-electron chi connectivity index (χ2n) is 6.40. The zero-order valence-electron chi connectivity index (χ0n) is 15.0. The van der Waals surface area contributed by atoms with Crippen LogP contribution < -0.4 is 25.0 Å². The van der Waals surface area contributed by atoms with Crippen molar-refractivity contribution < 1.29 is 28.7 Å². The number of carbonyl (C=O) groups excluding carboxylic acids is 2. The van der Waals surface area contributed by atoms with Crippen LogP contribution in [0.3, 0.4) is 0 Å². The van der Waals surface area contributed by atoms with Crippen molar-refractivity contribution in [3.63, 3.8) is 0 Å². The van der Waals surface area contributed by atoms with E-state index in [1.807, 2.05) is 25.1 Å². The number of amides is 2. The Hall–Kier alpha value is -2.32. The number of rotatable bonds is 6. The number of carbonyl (C=O) groups is 2. The quantitative estimate of drug-likeness (QED) is 0.564. The predicted octanol–water partition coefficient (Wildman–Crippen LogP) is -0.986. The highest BCUT2D eigenvalue weighted by Crippen LogP contribution is 2.33. The molecule has 1 aromatic carbocycles. The van der Waals surface area contributed by atoms with Crippen LogP contribution >= 0.6 is 0 Å². The number of ether oxygens (including phenoxy) is 3. The first kappa shape index (κ1) is 18.5. The van der Waals surface area contributed by atoms with Crippen molar-refractivity contribution in [1.82, 2.24) is 10.6 Å². The summed E-state index contributed by atoms with van der Waals surface area (Å²) in [6.07, 6.45) is 0.788. The lowest BCUT2D eigenvalue weighted by molar-refractivity contribution is -0.937. The van der Waals surface area contributed by atoms with Crippen LogP contribution in [0.15, 0.2) is 18.2 Å². The van der Waals surface area contributed by atoms with Crippen molar-refractivity contribution in [2.24, 2.45) is 0 Å². The van der Waals surface area contributed by atoms with Crippen LogP contribution in [0.2, 0.25) is 0 Å². The molecular formula is C18H26N3O5+. The van der Waals surface area contributed by atoms with Crippen LogP contribution in [0.5, 0.6) is 11.5 Å². The molecular weight excluding hydrogens is 338 g/mol. The van der Waals surface area contributed by atoms with E-state index in [2.05, 4.69) is 10.6 Å². The molecule has 2 aliphatic rings. The minimum atomic E-state index is -0.600. The number of quaternary nitrogens is 1.